The van der Waals surface area contributed by atoms with E-state index in [1.54, 1.807) is 0 Å². The van der Waals surface area contributed by atoms with Gasteiger partial charge in [0.15, 0.2) is 5.82 Å². The van der Waals surface area contributed by atoms with Crippen molar-refractivity contribution in [3.8, 4) is 56.8 Å². The van der Waals surface area contributed by atoms with Crippen LogP contribution in [0.2, 0.25) is 0 Å². The standard InChI is InChI=1S/C41H26N4/c42-27-35-39(29-16-6-2-7-17-29)43-41(44-40(35)30-18-8-3-9-19-30)34-26-31(28-14-4-1-5-15-28)24-25-38(34)45-36-22-12-10-20-32(36)33-21-11-13-23-37(33)45/h1-26H. The molecule has 8 rings (SSSR count). The van der Waals surface area contributed by atoms with Crippen LogP contribution in [-0.2, 0) is 0 Å². The molecular weight excluding hydrogens is 548 g/mol. The number of hydrogen-bond donors (Lipinski definition) is 0. The van der Waals surface area contributed by atoms with Gasteiger partial charge in [-0.1, -0.05) is 133 Å². The number of rotatable bonds is 5. The maximum absolute atomic E-state index is 10.5. The fourth-order valence-corrected chi connectivity index (χ4v) is 6.20. The van der Waals surface area contributed by atoms with E-state index >= 15 is 0 Å². The Morgan fingerprint density at radius 3 is 1.44 bits per heavy atom. The summed E-state index contributed by atoms with van der Waals surface area (Å²) < 4.78 is 2.31. The maximum Gasteiger partial charge on any atom is 0.162 e. The van der Waals surface area contributed by atoms with Crippen molar-refractivity contribution in [1.29, 1.82) is 5.26 Å². The Morgan fingerprint density at radius 2 is 0.933 bits per heavy atom. The molecule has 0 aliphatic rings. The van der Waals surface area contributed by atoms with E-state index in [0.29, 0.717) is 22.8 Å². The normalized spacial score (nSPS) is 11.1. The van der Waals surface area contributed by atoms with E-state index in [2.05, 4.69) is 102 Å². The Kier molecular flexibility index (Phi) is 6.48. The van der Waals surface area contributed by atoms with Crippen molar-refractivity contribution >= 4 is 21.8 Å². The zero-order valence-electron chi connectivity index (χ0n) is 24.3. The quantitative estimate of drug-likeness (QED) is 0.205. The van der Waals surface area contributed by atoms with Gasteiger partial charge in [0.2, 0.25) is 0 Å². The van der Waals surface area contributed by atoms with Gasteiger partial charge in [0.1, 0.15) is 11.6 Å². The fraction of sp³-hybridized carbons (Fsp3) is 0. The minimum atomic E-state index is 0.453. The van der Waals surface area contributed by atoms with Crippen LogP contribution in [0.25, 0.3) is 72.5 Å². The maximum atomic E-state index is 10.5. The van der Waals surface area contributed by atoms with Gasteiger partial charge in [-0.25, -0.2) is 9.97 Å². The van der Waals surface area contributed by atoms with Crippen molar-refractivity contribution < 1.29 is 0 Å². The molecule has 4 heteroatoms. The number of nitriles is 1. The van der Waals surface area contributed by atoms with Crippen LogP contribution in [0, 0.1) is 11.3 Å². The predicted octanol–water partition coefficient (Wildman–Crippen LogP) is 10.1. The SMILES string of the molecule is N#Cc1c(-c2ccccc2)nc(-c2cc(-c3ccccc3)ccc2-n2c3ccccc3c3ccccc32)nc1-c1ccccc1. The van der Waals surface area contributed by atoms with Crippen LogP contribution in [0.3, 0.4) is 0 Å². The first kappa shape index (κ1) is 26.3. The molecule has 210 valence electrons. The minimum absolute atomic E-state index is 0.453. The predicted molar refractivity (Wildman–Crippen MR) is 183 cm³/mol. The van der Waals surface area contributed by atoms with Gasteiger partial charge >= 0.3 is 0 Å². The number of benzene rings is 6. The van der Waals surface area contributed by atoms with Crippen molar-refractivity contribution in [1.82, 2.24) is 14.5 Å². The van der Waals surface area contributed by atoms with Crippen LogP contribution >= 0.6 is 0 Å². The molecule has 0 fully saturated rings. The van der Waals surface area contributed by atoms with Crippen LogP contribution in [0.15, 0.2) is 158 Å². The molecule has 0 saturated carbocycles. The summed E-state index contributed by atoms with van der Waals surface area (Å²) in [4.78, 5) is 10.4. The lowest BCUT2D eigenvalue weighted by Crippen LogP contribution is -2.04. The zero-order chi connectivity index (χ0) is 30.2. The molecule has 0 bridgehead atoms. The first-order valence-electron chi connectivity index (χ1n) is 14.9. The lowest BCUT2D eigenvalue weighted by atomic mass is 9.98. The molecule has 2 aromatic heterocycles. The third-order valence-corrected chi connectivity index (χ3v) is 8.28. The van der Waals surface area contributed by atoms with Crippen LogP contribution < -0.4 is 0 Å². The molecule has 0 amide bonds. The van der Waals surface area contributed by atoms with Gasteiger partial charge in [-0.15, -0.1) is 0 Å². The molecule has 8 aromatic rings. The van der Waals surface area contributed by atoms with Gasteiger partial charge in [-0.3, -0.25) is 0 Å². The molecule has 6 aromatic carbocycles. The molecule has 0 radical (unpaired) electrons. The van der Waals surface area contributed by atoms with Crippen LogP contribution in [0.4, 0.5) is 0 Å². The van der Waals surface area contributed by atoms with E-state index in [0.717, 1.165) is 44.5 Å². The number of para-hydroxylation sites is 2. The largest absolute Gasteiger partial charge is 0.309 e. The summed E-state index contributed by atoms with van der Waals surface area (Å²) in [5, 5.41) is 12.8. The van der Waals surface area contributed by atoms with Crippen molar-refractivity contribution in [2.24, 2.45) is 0 Å². The van der Waals surface area contributed by atoms with Gasteiger partial charge in [-0.05, 0) is 35.4 Å². The molecule has 0 saturated heterocycles. The second-order valence-electron chi connectivity index (χ2n) is 10.9. The molecule has 0 aliphatic carbocycles. The Bertz CT molecular complexity index is 2250. The van der Waals surface area contributed by atoms with E-state index in [-0.39, 0.29) is 0 Å². The van der Waals surface area contributed by atoms with Crippen LogP contribution in [0.1, 0.15) is 5.56 Å². The van der Waals surface area contributed by atoms with E-state index in [4.69, 9.17) is 9.97 Å². The highest BCUT2D eigenvalue weighted by atomic mass is 15.0. The average Bonchev–Trinajstić information content (AvgIpc) is 3.46. The summed E-state index contributed by atoms with van der Waals surface area (Å²) in [6.07, 6.45) is 0. The average molecular weight is 575 g/mol. The van der Waals surface area contributed by atoms with Gasteiger partial charge in [0, 0.05) is 27.5 Å². The summed E-state index contributed by atoms with van der Waals surface area (Å²) in [5.41, 5.74) is 9.63. The number of aromatic nitrogens is 3. The van der Waals surface area contributed by atoms with Crippen molar-refractivity contribution in [3.63, 3.8) is 0 Å². The lowest BCUT2D eigenvalue weighted by Gasteiger charge is -2.17. The van der Waals surface area contributed by atoms with Crippen LogP contribution in [-0.4, -0.2) is 14.5 Å². The monoisotopic (exact) mass is 574 g/mol. The van der Waals surface area contributed by atoms with E-state index in [1.807, 2.05) is 66.7 Å². The van der Waals surface area contributed by atoms with Gasteiger partial charge in [-0.2, -0.15) is 5.26 Å². The van der Waals surface area contributed by atoms with Crippen LogP contribution in [0.5, 0.6) is 0 Å². The zero-order valence-corrected chi connectivity index (χ0v) is 24.3. The highest BCUT2D eigenvalue weighted by Gasteiger charge is 2.22. The lowest BCUT2D eigenvalue weighted by molar-refractivity contribution is 1.13. The highest BCUT2D eigenvalue weighted by molar-refractivity contribution is 6.09. The third-order valence-electron chi connectivity index (χ3n) is 8.28. The number of fused-ring (bicyclic) bond motifs is 3. The number of nitrogens with zero attached hydrogens (tertiary/aromatic N) is 4. The minimum Gasteiger partial charge on any atom is -0.309 e. The summed E-state index contributed by atoms with van der Waals surface area (Å²) in [6, 6.07) is 56.1. The van der Waals surface area contributed by atoms with Crippen molar-refractivity contribution in [2.45, 2.75) is 0 Å². The van der Waals surface area contributed by atoms with Gasteiger partial charge in [0.05, 0.1) is 28.1 Å². The molecule has 0 unspecified atom stereocenters. The summed E-state index contributed by atoms with van der Waals surface area (Å²) in [6.45, 7) is 0. The summed E-state index contributed by atoms with van der Waals surface area (Å²) >= 11 is 0. The second-order valence-corrected chi connectivity index (χ2v) is 10.9. The van der Waals surface area contributed by atoms with E-state index < -0.39 is 0 Å². The Labute approximate surface area is 261 Å². The highest BCUT2D eigenvalue weighted by Crippen LogP contribution is 2.39. The summed E-state index contributed by atoms with van der Waals surface area (Å²) in [5.74, 6) is 0.557. The topological polar surface area (TPSA) is 54.5 Å². The molecule has 45 heavy (non-hydrogen) atoms. The smallest absolute Gasteiger partial charge is 0.162 e. The molecule has 0 aliphatic heterocycles. The fourth-order valence-electron chi connectivity index (χ4n) is 6.20. The Morgan fingerprint density at radius 1 is 0.467 bits per heavy atom. The van der Waals surface area contributed by atoms with Crippen molar-refractivity contribution in [3.05, 3.63) is 163 Å². The van der Waals surface area contributed by atoms with Gasteiger partial charge in [0.25, 0.3) is 0 Å². The van der Waals surface area contributed by atoms with Gasteiger partial charge < -0.3 is 4.57 Å². The first-order valence-corrected chi connectivity index (χ1v) is 14.9. The molecule has 0 atom stereocenters. The molecular formula is C41H26N4. The first-order chi connectivity index (χ1) is 22.3. The number of hydrogen-bond acceptors (Lipinski definition) is 3. The summed E-state index contributed by atoms with van der Waals surface area (Å²) in [7, 11) is 0. The molecule has 4 nitrogen and oxygen atoms in total. The Hall–Kier alpha value is -6.31. The van der Waals surface area contributed by atoms with E-state index in [9.17, 15) is 5.26 Å². The second kappa shape index (κ2) is 11.1. The molecule has 2 heterocycles. The van der Waals surface area contributed by atoms with E-state index in [1.165, 1.54) is 10.8 Å². The molecule has 0 N–H and O–H groups in total. The third kappa shape index (κ3) is 4.55. The Balaban J connectivity index is 1.49. The molecule has 0 spiro atoms. The van der Waals surface area contributed by atoms with Crippen molar-refractivity contribution in [2.75, 3.05) is 0 Å².